The van der Waals surface area contributed by atoms with E-state index in [1.807, 2.05) is 49.4 Å². The van der Waals surface area contributed by atoms with Crippen molar-refractivity contribution in [2.45, 2.75) is 39.7 Å². The van der Waals surface area contributed by atoms with E-state index < -0.39 is 0 Å². The molecule has 0 radical (unpaired) electrons. The Morgan fingerprint density at radius 1 is 1.17 bits per heavy atom. The van der Waals surface area contributed by atoms with Crippen LogP contribution in [-0.2, 0) is 11.2 Å². The lowest BCUT2D eigenvalue weighted by Gasteiger charge is -2.10. The Morgan fingerprint density at radius 3 is 2.59 bits per heavy atom. The number of aryl methyl sites for hydroxylation is 1. The molecular formula is C24H29NO4. The Kier molecular flexibility index (Phi) is 6.94. The van der Waals surface area contributed by atoms with Gasteiger partial charge >= 0.3 is 5.97 Å². The van der Waals surface area contributed by atoms with Crippen molar-refractivity contribution in [3.05, 3.63) is 53.6 Å². The zero-order valence-corrected chi connectivity index (χ0v) is 17.6. The number of carbonyl (C=O) groups is 1. The summed E-state index contributed by atoms with van der Waals surface area (Å²) in [6.45, 7) is 7.28. The van der Waals surface area contributed by atoms with E-state index in [4.69, 9.17) is 13.9 Å². The SMILES string of the molecule is CCOC(=O)c1c(-c2ccccc2)oc2cc(OC)cc(CCCNC(C)C)c12. The largest absolute Gasteiger partial charge is 0.497 e. The van der Waals surface area contributed by atoms with E-state index >= 15 is 0 Å². The predicted molar refractivity (Wildman–Crippen MR) is 116 cm³/mol. The molecule has 0 aliphatic heterocycles. The molecule has 1 aromatic heterocycles. The van der Waals surface area contributed by atoms with E-state index in [9.17, 15) is 4.79 Å². The monoisotopic (exact) mass is 395 g/mol. The minimum absolute atomic E-state index is 0.309. The van der Waals surface area contributed by atoms with Crippen LogP contribution in [-0.4, -0.2) is 32.3 Å². The number of fused-ring (bicyclic) bond motifs is 1. The molecule has 3 aromatic rings. The Balaban J connectivity index is 2.13. The molecule has 0 saturated heterocycles. The second-order valence-corrected chi connectivity index (χ2v) is 7.26. The molecule has 0 amide bonds. The average Bonchev–Trinajstić information content (AvgIpc) is 3.11. The molecule has 3 rings (SSSR count). The highest BCUT2D eigenvalue weighted by atomic mass is 16.5. The highest BCUT2D eigenvalue weighted by Gasteiger charge is 2.26. The van der Waals surface area contributed by atoms with Gasteiger partial charge in [-0.25, -0.2) is 4.79 Å². The van der Waals surface area contributed by atoms with Crippen LogP contribution in [0.1, 0.15) is 43.1 Å². The second kappa shape index (κ2) is 9.61. The lowest BCUT2D eigenvalue weighted by atomic mass is 9.98. The third kappa shape index (κ3) is 4.80. The summed E-state index contributed by atoms with van der Waals surface area (Å²) in [5, 5.41) is 4.25. The molecule has 1 N–H and O–H groups in total. The molecule has 0 atom stereocenters. The number of furan rings is 1. The number of methoxy groups -OCH3 is 1. The Bertz CT molecular complexity index is 960. The molecule has 5 heteroatoms. The zero-order valence-electron chi connectivity index (χ0n) is 17.6. The van der Waals surface area contributed by atoms with Gasteiger partial charge in [0.05, 0.1) is 13.7 Å². The van der Waals surface area contributed by atoms with Crippen LogP contribution in [0.15, 0.2) is 46.9 Å². The first-order chi connectivity index (χ1) is 14.0. The fraction of sp³-hybridized carbons (Fsp3) is 0.375. The Morgan fingerprint density at radius 2 is 1.93 bits per heavy atom. The number of ether oxygens (including phenoxy) is 2. The summed E-state index contributed by atoms with van der Waals surface area (Å²) >= 11 is 0. The van der Waals surface area contributed by atoms with Crippen LogP contribution in [0.2, 0.25) is 0 Å². The van der Waals surface area contributed by atoms with Crippen LogP contribution < -0.4 is 10.1 Å². The molecule has 154 valence electrons. The van der Waals surface area contributed by atoms with Gasteiger partial charge in [-0.15, -0.1) is 0 Å². The quantitative estimate of drug-likeness (QED) is 0.398. The lowest BCUT2D eigenvalue weighted by molar-refractivity contribution is 0.0528. The van der Waals surface area contributed by atoms with Gasteiger partial charge in [-0.3, -0.25) is 0 Å². The van der Waals surface area contributed by atoms with Crippen molar-refractivity contribution in [3.63, 3.8) is 0 Å². The summed E-state index contributed by atoms with van der Waals surface area (Å²) in [6, 6.07) is 13.9. The van der Waals surface area contributed by atoms with Gasteiger partial charge in [-0.2, -0.15) is 0 Å². The summed E-state index contributed by atoms with van der Waals surface area (Å²) in [6.07, 6.45) is 1.74. The fourth-order valence-corrected chi connectivity index (χ4v) is 3.46. The fourth-order valence-electron chi connectivity index (χ4n) is 3.46. The van der Waals surface area contributed by atoms with Crippen LogP contribution in [0.25, 0.3) is 22.3 Å². The normalized spacial score (nSPS) is 11.2. The minimum atomic E-state index is -0.364. The van der Waals surface area contributed by atoms with Crippen LogP contribution in [0.5, 0.6) is 5.75 Å². The third-order valence-electron chi connectivity index (χ3n) is 4.77. The number of hydrogen-bond acceptors (Lipinski definition) is 5. The number of hydrogen-bond donors (Lipinski definition) is 1. The Hall–Kier alpha value is -2.79. The average molecular weight is 395 g/mol. The highest BCUT2D eigenvalue weighted by Crippen LogP contribution is 2.38. The first kappa shape index (κ1) is 20.9. The van der Waals surface area contributed by atoms with Gasteiger partial charge in [-0.1, -0.05) is 44.2 Å². The molecule has 29 heavy (non-hydrogen) atoms. The maximum atomic E-state index is 12.9. The van der Waals surface area contributed by atoms with Crippen molar-refractivity contribution in [3.8, 4) is 17.1 Å². The number of benzene rings is 2. The molecule has 0 aliphatic rings. The summed E-state index contributed by atoms with van der Waals surface area (Å²) in [4.78, 5) is 12.9. The Labute approximate surface area is 172 Å². The molecule has 0 unspecified atom stereocenters. The molecule has 1 heterocycles. The maximum Gasteiger partial charge on any atom is 0.342 e. The van der Waals surface area contributed by atoms with Crippen molar-refractivity contribution in [2.75, 3.05) is 20.3 Å². The number of esters is 1. The van der Waals surface area contributed by atoms with Gasteiger partial charge in [0.15, 0.2) is 0 Å². The van der Waals surface area contributed by atoms with Gasteiger partial charge in [0, 0.05) is 23.1 Å². The first-order valence-electron chi connectivity index (χ1n) is 10.1. The first-order valence-corrected chi connectivity index (χ1v) is 10.1. The van der Waals surface area contributed by atoms with E-state index in [-0.39, 0.29) is 5.97 Å². The van der Waals surface area contributed by atoms with E-state index in [0.717, 1.165) is 35.9 Å². The summed E-state index contributed by atoms with van der Waals surface area (Å²) in [5.41, 5.74) is 3.00. The molecular weight excluding hydrogens is 366 g/mol. The van der Waals surface area contributed by atoms with Gasteiger partial charge in [0.1, 0.15) is 22.7 Å². The van der Waals surface area contributed by atoms with Gasteiger partial charge in [-0.05, 0) is 37.9 Å². The number of rotatable bonds is 9. The number of nitrogens with one attached hydrogen (secondary N) is 1. The van der Waals surface area contributed by atoms with Crippen LogP contribution >= 0.6 is 0 Å². The van der Waals surface area contributed by atoms with E-state index in [1.54, 1.807) is 7.11 Å². The van der Waals surface area contributed by atoms with Gasteiger partial charge < -0.3 is 19.2 Å². The van der Waals surface area contributed by atoms with Crippen molar-refractivity contribution >= 4 is 16.9 Å². The standard InChI is InChI=1S/C24H29NO4/c1-5-28-24(26)22-21-18(12-9-13-25-16(2)3)14-19(27-4)15-20(21)29-23(22)17-10-7-6-8-11-17/h6-8,10-11,14-16,25H,5,9,12-13H2,1-4H3. The van der Waals surface area contributed by atoms with Crippen molar-refractivity contribution in [2.24, 2.45) is 0 Å². The lowest BCUT2D eigenvalue weighted by Crippen LogP contribution is -2.23. The molecule has 5 nitrogen and oxygen atoms in total. The van der Waals surface area contributed by atoms with E-state index in [2.05, 4.69) is 19.2 Å². The van der Waals surface area contributed by atoms with Crippen molar-refractivity contribution < 1.29 is 18.7 Å². The molecule has 0 spiro atoms. The van der Waals surface area contributed by atoms with Crippen molar-refractivity contribution in [1.29, 1.82) is 0 Å². The molecule has 0 saturated carbocycles. The summed E-state index contributed by atoms with van der Waals surface area (Å²) in [5.74, 6) is 0.888. The highest BCUT2D eigenvalue weighted by molar-refractivity contribution is 6.10. The zero-order chi connectivity index (χ0) is 20.8. The van der Waals surface area contributed by atoms with Crippen molar-refractivity contribution in [1.82, 2.24) is 5.32 Å². The van der Waals surface area contributed by atoms with Gasteiger partial charge in [0.25, 0.3) is 0 Å². The predicted octanol–water partition coefficient (Wildman–Crippen LogP) is 5.22. The third-order valence-corrected chi connectivity index (χ3v) is 4.77. The summed E-state index contributed by atoms with van der Waals surface area (Å²) < 4.78 is 17.0. The number of carbonyl (C=O) groups excluding carboxylic acids is 1. The summed E-state index contributed by atoms with van der Waals surface area (Å²) in [7, 11) is 1.64. The molecule has 0 bridgehead atoms. The molecule has 0 aliphatic carbocycles. The topological polar surface area (TPSA) is 60.7 Å². The minimum Gasteiger partial charge on any atom is -0.497 e. The van der Waals surface area contributed by atoms with Crippen LogP contribution in [0, 0.1) is 0 Å². The van der Waals surface area contributed by atoms with Crippen LogP contribution in [0.3, 0.4) is 0 Å². The maximum absolute atomic E-state index is 12.9. The second-order valence-electron chi connectivity index (χ2n) is 7.26. The van der Waals surface area contributed by atoms with Crippen LogP contribution in [0.4, 0.5) is 0 Å². The smallest absolute Gasteiger partial charge is 0.342 e. The molecule has 2 aromatic carbocycles. The van der Waals surface area contributed by atoms with E-state index in [0.29, 0.717) is 35.3 Å². The van der Waals surface area contributed by atoms with Gasteiger partial charge in [0.2, 0.25) is 0 Å². The van der Waals surface area contributed by atoms with E-state index in [1.165, 1.54) is 0 Å². The molecule has 0 fully saturated rings.